The molecule has 2 aromatic rings. The topological polar surface area (TPSA) is 44.8 Å². The summed E-state index contributed by atoms with van der Waals surface area (Å²) in [6, 6.07) is 7.75. The summed E-state index contributed by atoms with van der Waals surface area (Å²) < 4.78 is 83.5. The van der Waals surface area contributed by atoms with E-state index in [1.54, 1.807) is 24.3 Å². The van der Waals surface area contributed by atoms with E-state index < -0.39 is 29.5 Å². The quantitative estimate of drug-likeness (QED) is 0.667. The minimum atomic E-state index is -4.91. The normalized spacial score (nSPS) is 15.1. The number of anilines is 2. The number of alkyl halides is 6. The molecular weight excluding hydrogens is 428 g/mol. The van der Waals surface area contributed by atoms with E-state index in [-0.39, 0.29) is 37.9 Å². The first-order chi connectivity index (χ1) is 14.5. The van der Waals surface area contributed by atoms with Crippen LogP contribution in [0.25, 0.3) is 0 Å². The van der Waals surface area contributed by atoms with Crippen molar-refractivity contribution in [3.63, 3.8) is 0 Å². The maximum absolute atomic E-state index is 13.1. The summed E-state index contributed by atoms with van der Waals surface area (Å²) in [6.07, 6.45) is -9.82. The van der Waals surface area contributed by atoms with Gasteiger partial charge in [0.05, 0.1) is 18.2 Å². The van der Waals surface area contributed by atoms with E-state index in [1.807, 2.05) is 0 Å². The van der Waals surface area contributed by atoms with Crippen LogP contribution in [0.15, 0.2) is 42.5 Å². The van der Waals surface area contributed by atoms with Crippen LogP contribution in [0.3, 0.4) is 0 Å². The molecular formula is C20H19F6N3O2. The fourth-order valence-corrected chi connectivity index (χ4v) is 3.19. The van der Waals surface area contributed by atoms with Gasteiger partial charge in [0.1, 0.15) is 5.75 Å². The second-order valence-corrected chi connectivity index (χ2v) is 6.90. The van der Waals surface area contributed by atoms with Crippen molar-refractivity contribution in [2.75, 3.05) is 43.5 Å². The van der Waals surface area contributed by atoms with Crippen LogP contribution in [-0.4, -0.2) is 44.2 Å². The van der Waals surface area contributed by atoms with E-state index in [2.05, 4.69) is 5.32 Å². The predicted molar refractivity (Wildman–Crippen MR) is 102 cm³/mol. The van der Waals surface area contributed by atoms with Crippen molar-refractivity contribution in [1.82, 2.24) is 4.90 Å². The highest BCUT2D eigenvalue weighted by Gasteiger charge is 2.37. The van der Waals surface area contributed by atoms with Crippen molar-refractivity contribution in [3.8, 4) is 5.75 Å². The molecule has 1 heterocycles. The van der Waals surface area contributed by atoms with Crippen LogP contribution in [-0.2, 0) is 12.4 Å². The number of nitrogens with zero attached hydrogens (tertiary/aromatic N) is 2. The number of ether oxygens (including phenoxy) is 1. The number of hydrogen-bond donors (Lipinski definition) is 1. The smallest absolute Gasteiger partial charge is 0.416 e. The zero-order valence-electron chi connectivity index (χ0n) is 16.3. The Morgan fingerprint density at radius 1 is 0.903 bits per heavy atom. The van der Waals surface area contributed by atoms with Crippen molar-refractivity contribution in [3.05, 3.63) is 53.6 Å². The third-order valence-corrected chi connectivity index (χ3v) is 4.83. The lowest BCUT2D eigenvalue weighted by Crippen LogP contribution is -2.50. The molecule has 11 heteroatoms. The maximum atomic E-state index is 13.1. The van der Waals surface area contributed by atoms with Crippen molar-refractivity contribution in [2.45, 2.75) is 12.4 Å². The molecule has 1 aliphatic heterocycles. The highest BCUT2D eigenvalue weighted by Crippen LogP contribution is 2.38. The third-order valence-electron chi connectivity index (χ3n) is 4.83. The molecule has 0 atom stereocenters. The monoisotopic (exact) mass is 447 g/mol. The SMILES string of the molecule is COc1cccc(NC(=O)N2CCN(c3cc(C(F)(F)F)cc(C(F)(F)F)c3)CC2)c1. The summed E-state index contributed by atoms with van der Waals surface area (Å²) in [7, 11) is 1.48. The summed E-state index contributed by atoms with van der Waals surface area (Å²) in [5.74, 6) is 0.549. The summed E-state index contributed by atoms with van der Waals surface area (Å²) >= 11 is 0. The van der Waals surface area contributed by atoms with Crippen LogP contribution in [0, 0.1) is 0 Å². The van der Waals surface area contributed by atoms with Crippen LogP contribution in [0.2, 0.25) is 0 Å². The molecule has 0 radical (unpaired) electrons. The lowest BCUT2D eigenvalue weighted by Gasteiger charge is -2.36. The second-order valence-electron chi connectivity index (χ2n) is 6.90. The van der Waals surface area contributed by atoms with Crippen molar-refractivity contribution >= 4 is 17.4 Å². The van der Waals surface area contributed by atoms with Crippen LogP contribution in [0.4, 0.5) is 42.5 Å². The van der Waals surface area contributed by atoms with Gasteiger partial charge in [0.15, 0.2) is 0 Å². The number of halogens is 6. The zero-order chi connectivity index (χ0) is 22.8. The van der Waals surface area contributed by atoms with Gasteiger partial charge in [-0.05, 0) is 30.3 Å². The van der Waals surface area contributed by atoms with E-state index in [0.29, 0.717) is 23.6 Å². The zero-order valence-corrected chi connectivity index (χ0v) is 16.3. The van der Waals surface area contributed by atoms with Crippen LogP contribution < -0.4 is 15.0 Å². The van der Waals surface area contributed by atoms with Gasteiger partial charge in [-0.25, -0.2) is 4.79 Å². The van der Waals surface area contributed by atoms with Gasteiger partial charge in [-0.1, -0.05) is 6.07 Å². The summed E-state index contributed by atoms with van der Waals surface area (Å²) in [5.41, 5.74) is -2.42. The minimum absolute atomic E-state index is 0.0874. The van der Waals surface area contributed by atoms with Crippen LogP contribution in [0.1, 0.15) is 11.1 Å². The molecule has 1 aliphatic rings. The molecule has 1 saturated heterocycles. The Bertz CT molecular complexity index is 905. The van der Waals surface area contributed by atoms with Crippen LogP contribution in [0.5, 0.6) is 5.75 Å². The lowest BCUT2D eigenvalue weighted by atomic mass is 10.1. The number of carbonyl (C=O) groups excluding carboxylic acids is 1. The first-order valence-corrected chi connectivity index (χ1v) is 9.22. The van der Waals surface area contributed by atoms with Gasteiger partial charge in [-0.2, -0.15) is 26.3 Å². The summed E-state index contributed by atoms with van der Waals surface area (Å²) in [4.78, 5) is 15.3. The van der Waals surface area contributed by atoms with E-state index >= 15 is 0 Å². The second kappa shape index (κ2) is 8.56. The molecule has 3 rings (SSSR count). The van der Waals surface area contributed by atoms with E-state index in [9.17, 15) is 31.1 Å². The molecule has 1 N–H and O–H groups in total. The largest absolute Gasteiger partial charge is 0.497 e. The van der Waals surface area contributed by atoms with E-state index in [1.165, 1.54) is 16.9 Å². The Balaban J connectivity index is 1.70. The lowest BCUT2D eigenvalue weighted by molar-refractivity contribution is -0.143. The first kappa shape index (κ1) is 22.6. The number of methoxy groups -OCH3 is 1. The Kier molecular flexibility index (Phi) is 6.23. The molecule has 0 unspecified atom stereocenters. The number of urea groups is 1. The highest BCUT2D eigenvalue weighted by molar-refractivity contribution is 5.89. The van der Waals surface area contributed by atoms with Gasteiger partial charge in [0.2, 0.25) is 0 Å². The Morgan fingerprint density at radius 3 is 2.00 bits per heavy atom. The minimum Gasteiger partial charge on any atom is -0.497 e. The molecule has 0 aliphatic carbocycles. The van der Waals surface area contributed by atoms with Gasteiger partial charge in [-0.3, -0.25) is 0 Å². The molecule has 31 heavy (non-hydrogen) atoms. The molecule has 0 bridgehead atoms. The van der Waals surface area contributed by atoms with E-state index in [4.69, 9.17) is 4.74 Å². The highest BCUT2D eigenvalue weighted by atomic mass is 19.4. The van der Waals surface area contributed by atoms with Gasteiger partial charge in [-0.15, -0.1) is 0 Å². The number of carbonyl (C=O) groups is 1. The number of hydrogen-bond acceptors (Lipinski definition) is 3. The molecule has 1 fully saturated rings. The molecule has 5 nitrogen and oxygen atoms in total. The molecule has 0 spiro atoms. The fourth-order valence-electron chi connectivity index (χ4n) is 3.19. The third kappa shape index (κ3) is 5.53. The molecule has 0 saturated carbocycles. The fraction of sp³-hybridized carbons (Fsp3) is 0.350. The van der Waals surface area contributed by atoms with Gasteiger partial charge in [0.25, 0.3) is 0 Å². The van der Waals surface area contributed by atoms with Gasteiger partial charge < -0.3 is 19.9 Å². The van der Waals surface area contributed by atoms with E-state index in [0.717, 1.165) is 0 Å². The maximum Gasteiger partial charge on any atom is 0.416 e. The average Bonchev–Trinajstić information content (AvgIpc) is 2.72. The number of rotatable bonds is 3. The Labute approximate surface area is 174 Å². The van der Waals surface area contributed by atoms with Crippen molar-refractivity contribution < 1.29 is 35.9 Å². The molecule has 2 amide bonds. The van der Waals surface area contributed by atoms with Gasteiger partial charge in [0, 0.05) is 43.6 Å². The van der Waals surface area contributed by atoms with Crippen LogP contribution >= 0.6 is 0 Å². The number of amides is 2. The molecule has 2 aromatic carbocycles. The molecule has 0 aromatic heterocycles. The summed E-state index contributed by atoms with van der Waals surface area (Å²) in [5, 5.41) is 2.69. The van der Waals surface area contributed by atoms with Crippen molar-refractivity contribution in [2.24, 2.45) is 0 Å². The number of nitrogens with one attached hydrogen (secondary N) is 1. The average molecular weight is 447 g/mol. The van der Waals surface area contributed by atoms with Crippen molar-refractivity contribution in [1.29, 1.82) is 0 Å². The first-order valence-electron chi connectivity index (χ1n) is 9.22. The Hall–Kier alpha value is -3.11. The standard InChI is InChI=1S/C20H19F6N3O2/c1-31-17-4-2-3-15(12-17)27-18(30)29-7-5-28(6-8-29)16-10-13(19(21,22)23)9-14(11-16)20(24,25)26/h2-4,9-12H,5-8H2,1H3,(H,27,30). The molecule has 168 valence electrons. The summed E-state index contributed by atoms with van der Waals surface area (Å²) in [6.45, 7) is 0.440. The predicted octanol–water partition coefficient (Wildman–Crippen LogP) is 5.09. The van der Waals surface area contributed by atoms with Gasteiger partial charge >= 0.3 is 18.4 Å². The number of piperazine rings is 1. The number of benzene rings is 2. The Morgan fingerprint density at radius 2 is 1.48 bits per heavy atom.